The number of ether oxygens (including phenoxy) is 1. The van der Waals surface area contributed by atoms with E-state index < -0.39 is 17.6 Å². The Labute approximate surface area is 134 Å². The minimum absolute atomic E-state index is 0.0652. The third kappa shape index (κ3) is 4.54. The van der Waals surface area contributed by atoms with Crippen molar-refractivity contribution in [2.24, 2.45) is 5.73 Å². The van der Waals surface area contributed by atoms with E-state index in [2.05, 4.69) is 5.10 Å². The second kappa shape index (κ2) is 6.39. The highest BCUT2D eigenvalue weighted by Gasteiger charge is 2.26. The van der Waals surface area contributed by atoms with Crippen LogP contribution in [0.1, 0.15) is 38.4 Å². The molecule has 126 valence electrons. The van der Waals surface area contributed by atoms with Crippen molar-refractivity contribution in [2.45, 2.75) is 52.3 Å². The van der Waals surface area contributed by atoms with Gasteiger partial charge in [-0.05, 0) is 20.8 Å². The number of carbonyl (C=O) groups is 2. The van der Waals surface area contributed by atoms with E-state index in [1.165, 1.54) is 10.7 Å². The van der Waals surface area contributed by atoms with Gasteiger partial charge in [0.25, 0.3) is 5.56 Å². The van der Waals surface area contributed by atoms with Crippen molar-refractivity contribution >= 4 is 12.0 Å². The Morgan fingerprint density at radius 3 is 2.70 bits per heavy atom. The zero-order chi connectivity index (χ0) is 17.2. The van der Waals surface area contributed by atoms with Crippen LogP contribution in [0.5, 0.6) is 0 Å². The molecule has 0 saturated heterocycles. The molecule has 0 unspecified atom stereocenters. The maximum atomic E-state index is 12.1. The van der Waals surface area contributed by atoms with Gasteiger partial charge in [-0.1, -0.05) is 0 Å². The number of primary amides is 1. The van der Waals surface area contributed by atoms with Gasteiger partial charge in [0.15, 0.2) is 0 Å². The van der Waals surface area contributed by atoms with Crippen molar-refractivity contribution in [2.75, 3.05) is 6.54 Å². The molecule has 0 saturated carbocycles. The molecule has 23 heavy (non-hydrogen) atoms. The van der Waals surface area contributed by atoms with Crippen molar-refractivity contribution in [3.63, 3.8) is 0 Å². The molecule has 1 aliphatic heterocycles. The number of hydrogen-bond acceptors (Lipinski definition) is 5. The summed E-state index contributed by atoms with van der Waals surface area (Å²) in [6.07, 6.45) is 0.197. The van der Waals surface area contributed by atoms with E-state index in [0.29, 0.717) is 25.1 Å². The Kier molecular flexibility index (Phi) is 4.72. The van der Waals surface area contributed by atoms with E-state index in [4.69, 9.17) is 10.5 Å². The number of rotatable bonds is 3. The van der Waals surface area contributed by atoms with Gasteiger partial charge in [-0.25, -0.2) is 9.48 Å². The predicted octanol–water partition coefficient (Wildman–Crippen LogP) is 0.412. The molecule has 2 heterocycles. The number of hydrogen-bond donors (Lipinski definition) is 1. The van der Waals surface area contributed by atoms with Gasteiger partial charge in [0.2, 0.25) is 5.91 Å². The van der Waals surface area contributed by atoms with E-state index in [0.717, 1.165) is 5.69 Å². The van der Waals surface area contributed by atoms with Gasteiger partial charge in [-0.3, -0.25) is 9.59 Å². The first-order valence-electron chi connectivity index (χ1n) is 7.52. The maximum Gasteiger partial charge on any atom is 0.410 e. The van der Waals surface area contributed by atoms with Crippen LogP contribution in [-0.4, -0.2) is 38.8 Å². The van der Waals surface area contributed by atoms with Gasteiger partial charge in [-0.15, -0.1) is 0 Å². The summed E-state index contributed by atoms with van der Waals surface area (Å²) >= 11 is 0. The normalized spacial score (nSPS) is 14.3. The molecule has 8 nitrogen and oxygen atoms in total. The van der Waals surface area contributed by atoms with E-state index in [1.807, 2.05) is 20.8 Å². The zero-order valence-electron chi connectivity index (χ0n) is 13.7. The number of carbonyl (C=O) groups excluding carboxylic acids is 2. The third-order valence-corrected chi connectivity index (χ3v) is 3.37. The summed E-state index contributed by atoms with van der Waals surface area (Å²) in [5.41, 5.74) is 5.69. The number of nitrogens with zero attached hydrogens (tertiary/aromatic N) is 3. The summed E-state index contributed by atoms with van der Waals surface area (Å²) in [5, 5.41) is 4.27. The van der Waals surface area contributed by atoms with Gasteiger partial charge in [-0.2, -0.15) is 5.10 Å². The first kappa shape index (κ1) is 17.0. The lowest BCUT2D eigenvalue weighted by molar-refractivity contribution is -0.118. The number of aromatic nitrogens is 2. The quantitative estimate of drug-likeness (QED) is 0.867. The molecular formula is C15H22N4O4. The largest absolute Gasteiger partial charge is 0.444 e. The monoisotopic (exact) mass is 322 g/mol. The summed E-state index contributed by atoms with van der Waals surface area (Å²) in [7, 11) is 0. The molecule has 1 aromatic rings. The van der Waals surface area contributed by atoms with Crippen molar-refractivity contribution in [1.29, 1.82) is 0 Å². The summed E-state index contributed by atoms with van der Waals surface area (Å²) in [4.78, 5) is 36.5. The lowest BCUT2D eigenvalue weighted by Crippen LogP contribution is -2.41. The van der Waals surface area contributed by atoms with Gasteiger partial charge in [0.1, 0.15) is 5.60 Å². The molecule has 8 heteroatoms. The summed E-state index contributed by atoms with van der Waals surface area (Å²) in [6.45, 7) is 6.36. The summed E-state index contributed by atoms with van der Waals surface area (Å²) in [5.74, 6) is -0.479. The molecule has 2 N–H and O–H groups in total. The average molecular weight is 322 g/mol. The number of amides is 2. The molecule has 0 radical (unpaired) electrons. The van der Waals surface area contributed by atoms with E-state index in [9.17, 15) is 14.4 Å². The number of aryl methyl sites for hydroxylation is 1. The molecule has 1 aliphatic rings. The Hall–Kier alpha value is -2.38. The Balaban J connectivity index is 2.13. The fourth-order valence-corrected chi connectivity index (χ4v) is 2.30. The smallest absolute Gasteiger partial charge is 0.410 e. The minimum Gasteiger partial charge on any atom is -0.444 e. The predicted molar refractivity (Wildman–Crippen MR) is 82.7 cm³/mol. The molecule has 0 atom stereocenters. The van der Waals surface area contributed by atoms with Crippen molar-refractivity contribution in [1.82, 2.24) is 14.7 Å². The van der Waals surface area contributed by atoms with E-state index >= 15 is 0 Å². The van der Waals surface area contributed by atoms with Crippen LogP contribution >= 0.6 is 0 Å². The fraction of sp³-hybridized carbons (Fsp3) is 0.600. The molecule has 0 aromatic carbocycles. The highest BCUT2D eigenvalue weighted by Crippen LogP contribution is 2.18. The van der Waals surface area contributed by atoms with Crippen molar-refractivity contribution in [3.05, 3.63) is 27.7 Å². The van der Waals surface area contributed by atoms with E-state index in [-0.39, 0.29) is 18.5 Å². The van der Waals surface area contributed by atoms with Crippen molar-refractivity contribution < 1.29 is 14.3 Å². The molecule has 0 aliphatic carbocycles. The molecule has 0 fully saturated rings. The fourth-order valence-electron chi connectivity index (χ4n) is 2.30. The lowest BCUT2D eigenvalue weighted by Gasteiger charge is -2.30. The minimum atomic E-state index is -0.562. The van der Waals surface area contributed by atoms with Crippen LogP contribution in [0.25, 0.3) is 0 Å². The molecule has 0 spiro atoms. The number of nitrogens with two attached hydrogens (primary N) is 1. The van der Waals surface area contributed by atoms with Crippen LogP contribution < -0.4 is 11.3 Å². The highest BCUT2D eigenvalue weighted by atomic mass is 16.6. The van der Waals surface area contributed by atoms with Gasteiger partial charge < -0.3 is 15.4 Å². The topological polar surface area (TPSA) is 108 Å². The van der Waals surface area contributed by atoms with E-state index in [1.54, 1.807) is 4.90 Å². The molecular weight excluding hydrogens is 300 g/mol. The van der Waals surface area contributed by atoms with Gasteiger partial charge >= 0.3 is 6.09 Å². The Morgan fingerprint density at radius 1 is 1.39 bits per heavy atom. The Morgan fingerprint density at radius 2 is 2.09 bits per heavy atom. The van der Waals surface area contributed by atoms with Crippen molar-refractivity contribution in [3.8, 4) is 0 Å². The lowest BCUT2D eigenvalue weighted by atomic mass is 10.1. The Bertz CT molecular complexity index is 675. The summed E-state index contributed by atoms with van der Waals surface area (Å²) < 4.78 is 6.59. The first-order chi connectivity index (χ1) is 10.7. The average Bonchev–Trinajstić information content (AvgIpc) is 2.42. The maximum absolute atomic E-state index is 12.1. The molecule has 0 bridgehead atoms. The van der Waals surface area contributed by atoms with Crippen LogP contribution in [0.4, 0.5) is 4.79 Å². The molecule has 2 amide bonds. The molecule has 2 rings (SSSR count). The van der Waals surface area contributed by atoms with Crippen LogP contribution in [-0.2, 0) is 29.0 Å². The van der Waals surface area contributed by atoms with Crippen LogP contribution in [0.3, 0.4) is 0 Å². The zero-order valence-corrected chi connectivity index (χ0v) is 13.7. The van der Waals surface area contributed by atoms with Crippen LogP contribution in [0.2, 0.25) is 0 Å². The van der Waals surface area contributed by atoms with Crippen LogP contribution in [0.15, 0.2) is 10.9 Å². The highest BCUT2D eigenvalue weighted by molar-refractivity contribution is 5.73. The van der Waals surface area contributed by atoms with Crippen LogP contribution in [0, 0.1) is 0 Å². The second-order valence-electron chi connectivity index (χ2n) is 6.55. The SMILES string of the molecule is CC(C)(C)OC(=O)N1CCc2nn(CCC(N)=O)c(=O)cc2C1. The third-order valence-electron chi connectivity index (χ3n) is 3.37. The first-order valence-corrected chi connectivity index (χ1v) is 7.52. The van der Waals surface area contributed by atoms with Gasteiger partial charge in [0, 0.05) is 31.0 Å². The number of fused-ring (bicyclic) bond motifs is 1. The molecule has 1 aromatic heterocycles. The second-order valence-corrected chi connectivity index (χ2v) is 6.55. The standard InChI is InChI=1S/C15H22N4O4/c1-15(2,3)23-14(22)18-6-4-11-10(9-18)8-13(21)19(17-11)7-5-12(16)20/h8H,4-7,9H2,1-3H3,(H2,16,20). The van der Waals surface area contributed by atoms with Gasteiger partial charge in [0.05, 0.1) is 18.8 Å². The summed E-state index contributed by atoms with van der Waals surface area (Å²) in [6, 6.07) is 1.46.